The number of rotatable bonds is 8. The molecule has 0 aromatic heterocycles. The number of anilines is 1. The van der Waals surface area contributed by atoms with Gasteiger partial charge in [-0.2, -0.15) is 0 Å². The van der Waals surface area contributed by atoms with E-state index in [9.17, 15) is 13.2 Å². The molecular formula is C32H35ClFN3O6S. The minimum Gasteiger partial charge on any atom is -0.497 e. The number of methoxy groups -OCH3 is 2. The lowest BCUT2D eigenvalue weighted by Gasteiger charge is -2.42. The van der Waals surface area contributed by atoms with Crippen LogP contribution in [0.3, 0.4) is 0 Å². The lowest BCUT2D eigenvalue weighted by Crippen LogP contribution is -2.59. The molecule has 0 saturated carbocycles. The summed E-state index contributed by atoms with van der Waals surface area (Å²) in [5.74, 6) is -1.06. The fourth-order valence-electron chi connectivity index (χ4n) is 6.38. The monoisotopic (exact) mass is 643 g/mol. The first-order chi connectivity index (χ1) is 20.8. The summed E-state index contributed by atoms with van der Waals surface area (Å²) in [6.07, 6.45) is -1.61. The Hall–Kier alpha value is -3.67. The van der Waals surface area contributed by atoms with Gasteiger partial charge in [-0.05, 0) is 47.4 Å². The fraction of sp³-hybridized carbons (Fsp3) is 0.375. The van der Waals surface area contributed by atoms with Crippen LogP contribution in [-0.4, -0.2) is 77.1 Å². The number of amides is 2. The molecule has 2 amide bonds. The van der Waals surface area contributed by atoms with Gasteiger partial charge in [-0.1, -0.05) is 49.7 Å². The maximum atomic E-state index is 15.5. The van der Waals surface area contributed by atoms with Crippen molar-refractivity contribution in [1.29, 1.82) is 0 Å². The van der Waals surface area contributed by atoms with Gasteiger partial charge in [0.2, 0.25) is 5.91 Å². The van der Waals surface area contributed by atoms with Crippen molar-refractivity contribution in [1.82, 2.24) is 9.80 Å². The standard InChI is InChI=1S/C32H35ClFN3O6S/c1-19(2)23-9-7-8-10-24(23)32(36-18-21(34)16-27(36)30(38)35(3)4)25-15-20(33)11-13-26(25)37(31(32)39)44(40,41)29-14-12-22(42-5)17-28(29)43-6/h7-15,17,19,21,27H,16,18H2,1-6H3/t21-,27+,32?/m1/s1. The van der Waals surface area contributed by atoms with Crippen LogP contribution in [0.15, 0.2) is 65.6 Å². The Morgan fingerprint density at radius 3 is 2.39 bits per heavy atom. The highest BCUT2D eigenvalue weighted by Gasteiger charge is 2.64. The zero-order valence-electron chi connectivity index (χ0n) is 25.4. The summed E-state index contributed by atoms with van der Waals surface area (Å²) in [5, 5.41) is 0.246. The Morgan fingerprint density at radius 1 is 1.05 bits per heavy atom. The van der Waals surface area contributed by atoms with Crippen LogP contribution in [0.2, 0.25) is 5.02 Å². The maximum Gasteiger partial charge on any atom is 0.274 e. The average Bonchev–Trinajstić information content (AvgIpc) is 3.50. The van der Waals surface area contributed by atoms with Crippen molar-refractivity contribution in [3.63, 3.8) is 0 Å². The second-order valence-corrected chi connectivity index (χ2v) is 13.6. The lowest BCUT2D eigenvalue weighted by atomic mass is 9.77. The van der Waals surface area contributed by atoms with Gasteiger partial charge in [0.05, 0.1) is 25.9 Å². The molecule has 2 heterocycles. The second kappa shape index (κ2) is 11.7. The van der Waals surface area contributed by atoms with E-state index in [-0.39, 0.29) is 45.8 Å². The highest BCUT2D eigenvalue weighted by molar-refractivity contribution is 7.93. The summed E-state index contributed by atoms with van der Waals surface area (Å²) in [4.78, 5) is 31.5. The molecule has 1 fully saturated rings. The molecule has 3 aromatic carbocycles. The van der Waals surface area contributed by atoms with Crippen LogP contribution < -0.4 is 13.8 Å². The summed E-state index contributed by atoms with van der Waals surface area (Å²) >= 11 is 6.55. The van der Waals surface area contributed by atoms with Crippen LogP contribution in [0.4, 0.5) is 10.1 Å². The molecule has 0 radical (unpaired) electrons. The number of ether oxygens (including phenoxy) is 2. The molecule has 0 aliphatic carbocycles. The smallest absolute Gasteiger partial charge is 0.274 e. The van der Waals surface area contributed by atoms with E-state index in [1.54, 1.807) is 26.2 Å². The maximum absolute atomic E-state index is 15.5. The van der Waals surface area contributed by atoms with E-state index in [0.29, 0.717) is 11.3 Å². The zero-order chi connectivity index (χ0) is 32.1. The van der Waals surface area contributed by atoms with Gasteiger partial charge >= 0.3 is 0 Å². The number of fused-ring (bicyclic) bond motifs is 1. The van der Waals surface area contributed by atoms with E-state index in [0.717, 1.165) is 9.87 Å². The number of nitrogens with zero attached hydrogens (tertiary/aromatic N) is 3. The first kappa shape index (κ1) is 31.7. The molecule has 0 bridgehead atoms. The third kappa shape index (κ3) is 4.81. The third-order valence-electron chi connectivity index (χ3n) is 8.33. The molecule has 2 aliphatic heterocycles. The largest absolute Gasteiger partial charge is 0.497 e. The normalized spacial score (nSPS) is 21.9. The summed E-state index contributed by atoms with van der Waals surface area (Å²) in [6.45, 7) is 3.62. The molecule has 5 rings (SSSR count). The Kier molecular flexibility index (Phi) is 8.43. The van der Waals surface area contributed by atoms with Crippen molar-refractivity contribution >= 4 is 39.1 Å². The highest BCUT2D eigenvalue weighted by atomic mass is 35.5. The van der Waals surface area contributed by atoms with E-state index < -0.39 is 39.6 Å². The predicted octanol–water partition coefficient (Wildman–Crippen LogP) is 4.96. The van der Waals surface area contributed by atoms with Gasteiger partial charge in [0.1, 0.15) is 22.6 Å². The minimum absolute atomic E-state index is 0.0293. The molecule has 1 unspecified atom stereocenters. The molecule has 2 aliphatic rings. The van der Waals surface area contributed by atoms with Crippen molar-refractivity contribution in [3.8, 4) is 11.5 Å². The molecular weight excluding hydrogens is 609 g/mol. The average molecular weight is 644 g/mol. The number of halogens is 2. The lowest BCUT2D eigenvalue weighted by molar-refractivity contribution is -0.138. The molecule has 1 saturated heterocycles. The summed E-state index contributed by atoms with van der Waals surface area (Å²) < 4.78 is 56.1. The van der Waals surface area contributed by atoms with Crippen LogP contribution in [0, 0.1) is 0 Å². The van der Waals surface area contributed by atoms with E-state index >= 15 is 9.18 Å². The van der Waals surface area contributed by atoms with Crippen LogP contribution in [0.5, 0.6) is 11.5 Å². The summed E-state index contributed by atoms with van der Waals surface area (Å²) in [7, 11) is 1.24. The summed E-state index contributed by atoms with van der Waals surface area (Å²) in [5.41, 5.74) is -0.426. The number of hydrogen-bond donors (Lipinski definition) is 0. The van der Waals surface area contributed by atoms with Crippen molar-refractivity contribution < 1.29 is 31.9 Å². The predicted molar refractivity (Wildman–Crippen MR) is 166 cm³/mol. The van der Waals surface area contributed by atoms with Crippen LogP contribution in [0.1, 0.15) is 42.9 Å². The number of likely N-dealkylation sites (tertiary alicyclic amines) is 1. The van der Waals surface area contributed by atoms with Crippen molar-refractivity contribution in [3.05, 3.63) is 82.4 Å². The van der Waals surface area contributed by atoms with E-state index in [2.05, 4.69) is 0 Å². The molecule has 12 heteroatoms. The summed E-state index contributed by atoms with van der Waals surface area (Å²) in [6, 6.07) is 14.8. The number of hydrogen-bond acceptors (Lipinski definition) is 7. The van der Waals surface area contributed by atoms with Gasteiger partial charge in [-0.15, -0.1) is 0 Å². The molecule has 3 aromatic rings. The number of carbonyl (C=O) groups is 2. The van der Waals surface area contributed by atoms with Gasteiger partial charge in [-0.25, -0.2) is 17.1 Å². The molecule has 9 nitrogen and oxygen atoms in total. The van der Waals surface area contributed by atoms with Gasteiger partial charge in [0.25, 0.3) is 15.9 Å². The van der Waals surface area contributed by atoms with Crippen molar-refractivity contribution in [2.45, 2.75) is 48.8 Å². The number of sulfonamides is 1. The Morgan fingerprint density at radius 2 is 1.75 bits per heavy atom. The van der Waals surface area contributed by atoms with Crippen LogP contribution in [0.25, 0.3) is 0 Å². The number of benzene rings is 3. The molecule has 3 atom stereocenters. The molecule has 0 N–H and O–H groups in total. The van der Waals surface area contributed by atoms with E-state index in [1.807, 2.05) is 26.0 Å². The van der Waals surface area contributed by atoms with Gasteiger partial charge < -0.3 is 14.4 Å². The molecule has 234 valence electrons. The second-order valence-electron chi connectivity index (χ2n) is 11.4. The molecule has 44 heavy (non-hydrogen) atoms. The Balaban J connectivity index is 1.88. The fourth-order valence-corrected chi connectivity index (χ4v) is 8.16. The SMILES string of the molecule is COc1ccc(S(=O)(=O)N2C(=O)C(c3ccccc3C(C)C)(N3C[C@H](F)C[C@H]3C(=O)N(C)C)c3cc(Cl)ccc32)c(OC)c1. The quantitative estimate of drug-likeness (QED) is 0.342. The molecule has 0 spiro atoms. The zero-order valence-corrected chi connectivity index (χ0v) is 26.9. The Bertz CT molecular complexity index is 1730. The van der Waals surface area contributed by atoms with Crippen LogP contribution in [-0.2, 0) is 25.2 Å². The van der Waals surface area contributed by atoms with Crippen molar-refractivity contribution in [2.24, 2.45) is 0 Å². The number of alkyl halides is 1. The van der Waals surface area contributed by atoms with Gasteiger partial charge in [-0.3, -0.25) is 14.5 Å². The highest BCUT2D eigenvalue weighted by Crippen LogP contribution is 2.55. The van der Waals surface area contributed by atoms with E-state index in [4.69, 9.17) is 21.1 Å². The number of likely N-dealkylation sites (N-methyl/N-ethyl adjacent to an activating group) is 1. The third-order valence-corrected chi connectivity index (χ3v) is 10.3. The van der Waals surface area contributed by atoms with Gasteiger partial charge in [0.15, 0.2) is 5.54 Å². The van der Waals surface area contributed by atoms with Crippen molar-refractivity contribution in [2.75, 3.05) is 39.2 Å². The van der Waals surface area contributed by atoms with E-state index in [1.165, 1.54) is 60.4 Å². The minimum atomic E-state index is -4.65. The number of carbonyl (C=O) groups excluding carboxylic acids is 2. The van der Waals surface area contributed by atoms with Crippen LogP contribution >= 0.6 is 11.6 Å². The van der Waals surface area contributed by atoms with Gasteiger partial charge in [0, 0.05) is 43.7 Å². The Labute approximate surface area is 262 Å². The topological polar surface area (TPSA) is 96.5 Å². The first-order valence-corrected chi connectivity index (χ1v) is 16.0. The first-order valence-electron chi connectivity index (χ1n) is 14.1.